The Labute approximate surface area is 95.8 Å². The van der Waals surface area contributed by atoms with Crippen LogP contribution < -0.4 is 5.90 Å². The van der Waals surface area contributed by atoms with E-state index in [0.29, 0.717) is 0 Å². The van der Waals surface area contributed by atoms with Gasteiger partial charge in [0.15, 0.2) is 11.9 Å². The minimum absolute atomic E-state index is 0.792. The van der Waals surface area contributed by atoms with Crippen molar-refractivity contribution in [3.63, 3.8) is 0 Å². The summed E-state index contributed by atoms with van der Waals surface area (Å²) in [6.07, 6.45) is -5.91. The maximum Gasteiger partial charge on any atom is 0.470 e. The highest BCUT2D eigenvalue weighted by Crippen LogP contribution is 2.38. The maximum absolute atomic E-state index is 11.3. The Hall–Kier alpha value is -0.420. The van der Waals surface area contributed by atoms with Gasteiger partial charge in [0.05, 0.1) is 6.61 Å². The average Bonchev–Trinajstić information content (AvgIpc) is 2.22. The van der Waals surface area contributed by atoms with Crippen LogP contribution in [0, 0.1) is 0 Å². The van der Waals surface area contributed by atoms with Crippen LogP contribution in [0.4, 0.5) is 0 Å². The fourth-order valence-electron chi connectivity index (χ4n) is 0.934. The average molecular weight is 275 g/mol. The lowest BCUT2D eigenvalue weighted by atomic mass is 10.1. The van der Waals surface area contributed by atoms with Crippen molar-refractivity contribution in [2.75, 3.05) is 13.2 Å². The van der Waals surface area contributed by atoms with E-state index in [2.05, 4.69) is 15.3 Å². The normalized spacial score (nSPS) is 17.5. The third-order valence-corrected chi connectivity index (χ3v) is 2.19. The van der Waals surface area contributed by atoms with E-state index < -0.39 is 45.1 Å². The zero-order chi connectivity index (χ0) is 13.6. The summed E-state index contributed by atoms with van der Waals surface area (Å²) < 4.78 is 14.6. The van der Waals surface area contributed by atoms with E-state index in [-0.39, 0.29) is 0 Å². The predicted octanol–water partition coefficient (Wildman–Crippen LogP) is -3.36. The number of hydrogen-bond acceptors (Lipinski definition) is 8. The molecule has 0 aliphatic heterocycles. The molecule has 17 heavy (non-hydrogen) atoms. The lowest BCUT2D eigenvalue weighted by Gasteiger charge is -2.24. The standard InChI is InChI=1S/C6H14NO9P/c7-15-2-4(10)6(16-17(12,13)14)5(11)3(9)1-8/h3,5-6,8-9,11H,1-2,7H2,(H2,12,13,14)/t3-,5-,6-/m1/s1. The van der Waals surface area contributed by atoms with Crippen molar-refractivity contribution in [3.8, 4) is 0 Å². The van der Waals surface area contributed by atoms with Gasteiger partial charge in [-0.3, -0.25) is 14.2 Å². The van der Waals surface area contributed by atoms with E-state index >= 15 is 0 Å². The van der Waals surface area contributed by atoms with Gasteiger partial charge in [-0.05, 0) is 0 Å². The summed E-state index contributed by atoms with van der Waals surface area (Å²) in [6, 6.07) is 0. The third-order valence-electron chi connectivity index (χ3n) is 1.69. The van der Waals surface area contributed by atoms with Crippen molar-refractivity contribution in [2.24, 2.45) is 5.90 Å². The van der Waals surface area contributed by atoms with Gasteiger partial charge < -0.3 is 25.1 Å². The molecule has 0 unspecified atom stereocenters. The quantitative estimate of drug-likeness (QED) is 0.193. The van der Waals surface area contributed by atoms with Crippen LogP contribution in [-0.4, -0.2) is 62.4 Å². The zero-order valence-electron chi connectivity index (χ0n) is 8.54. The first-order valence-electron chi connectivity index (χ1n) is 4.28. The summed E-state index contributed by atoms with van der Waals surface area (Å²) in [7, 11) is -5.07. The van der Waals surface area contributed by atoms with E-state index in [0.717, 1.165) is 0 Å². The number of phosphoric ester groups is 1. The minimum atomic E-state index is -5.07. The summed E-state index contributed by atoms with van der Waals surface area (Å²) in [5.74, 6) is 3.47. The van der Waals surface area contributed by atoms with Crippen molar-refractivity contribution >= 4 is 13.6 Å². The molecule has 0 aromatic heterocycles. The second-order valence-electron chi connectivity index (χ2n) is 3.03. The van der Waals surface area contributed by atoms with E-state index in [9.17, 15) is 14.5 Å². The molecule has 102 valence electrons. The van der Waals surface area contributed by atoms with Crippen LogP contribution >= 0.6 is 7.82 Å². The molecule has 0 saturated heterocycles. The molecule has 0 radical (unpaired) electrons. The van der Waals surface area contributed by atoms with E-state index in [1.807, 2.05) is 0 Å². The first kappa shape index (κ1) is 16.6. The Bertz CT molecular complexity index is 291. The Morgan fingerprint density at radius 3 is 2.24 bits per heavy atom. The van der Waals surface area contributed by atoms with Crippen molar-refractivity contribution in [1.29, 1.82) is 0 Å². The molecule has 0 bridgehead atoms. The summed E-state index contributed by atoms with van der Waals surface area (Å²) >= 11 is 0. The number of aliphatic hydroxyl groups excluding tert-OH is 3. The number of ketones is 1. The van der Waals surface area contributed by atoms with Crippen LogP contribution in [0.2, 0.25) is 0 Å². The van der Waals surface area contributed by atoms with Gasteiger partial charge in [0.25, 0.3) is 0 Å². The van der Waals surface area contributed by atoms with Gasteiger partial charge in [0.2, 0.25) is 0 Å². The highest BCUT2D eigenvalue weighted by molar-refractivity contribution is 7.46. The van der Waals surface area contributed by atoms with Crippen LogP contribution in [0.15, 0.2) is 0 Å². The van der Waals surface area contributed by atoms with Gasteiger partial charge in [0, 0.05) is 0 Å². The van der Waals surface area contributed by atoms with Crippen molar-refractivity contribution in [2.45, 2.75) is 18.3 Å². The summed E-state index contributed by atoms with van der Waals surface area (Å²) in [5.41, 5.74) is 0. The summed E-state index contributed by atoms with van der Waals surface area (Å²) in [4.78, 5) is 32.2. The van der Waals surface area contributed by atoms with Crippen molar-refractivity contribution in [1.82, 2.24) is 0 Å². The van der Waals surface area contributed by atoms with Crippen LogP contribution in [0.5, 0.6) is 0 Å². The molecule has 0 aliphatic rings. The maximum atomic E-state index is 11.3. The second kappa shape index (κ2) is 7.11. The van der Waals surface area contributed by atoms with E-state index in [4.69, 9.17) is 20.0 Å². The molecule has 11 heteroatoms. The molecule has 0 aliphatic carbocycles. The van der Waals surface area contributed by atoms with Crippen LogP contribution in [-0.2, 0) is 18.7 Å². The monoisotopic (exact) mass is 275 g/mol. The summed E-state index contributed by atoms with van der Waals surface area (Å²) in [5, 5.41) is 26.9. The molecule has 0 amide bonds. The molecular formula is C6H14NO9P. The first-order chi connectivity index (χ1) is 7.72. The predicted molar refractivity (Wildman–Crippen MR) is 51.2 cm³/mol. The van der Waals surface area contributed by atoms with Gasteiger partial charge in [-0.25, -0.2) is 10.5 Å². The Morgan fingerprint density at radius 1 is 1.35 bits per heavy atom. The first-order valence-corrected chi connectivity index (χ1v) is 5.81. The van der Waals surface area contributed by atoms with Gasteiger partial charge in [-0.15, -0.1) is 0 Å². The van der Waals surface area contributed by atoms with E-state index in [1.165, 1.54) is 0 Å². The van der Waals surface area contributed by atoms with E-state index in [1.54, 1.807) is 0 Å². The molecule has 10 nitrogen and oxygen atoms in total. The number of carbonyl (C=O) groups excluding carboxylic acids is 1. The van der Waals surface area contributed by atoms with Gasteiger partial charge in [0.1, 0.15) is 18.8 Å². The highest BCUT2D eigenvalue weighted by Gasteiger charge is 2.37. The number of phosphoric acid groups is 1. The molecule has 0 aromatic carbocycles. The number of nitrogens with two attached hydrogens (primary N) is 1. The topological polar surface area (TPSA) is 180 Å². The molecule has 0 rings (SSSR count). The van der Waals surface area contributed by atoms with Gasteiger partial charge in [-0.2, -0.15) is 0 Å². The lowest BCUT2D eigenvalue weighted by Crippen LogP contribution is -2.46. The third kappa shape index (κ3) is 6.17. The van der Waals surface area contributed by atoms with Crippen molar-refractivity contribution < 1.29 is 43.8 Å². The van der Waals surface area contributed by atoms with Crippen molar-refractivity contribution in [3.05, 3.63) is 0 Å². The number of carbonyl (C=O) groups is 1. The number of Topliss-reactive ketones (excluding diaryl/α,β-unsaturated/α-hetero) is 1. The van der Waals surface area contributed by atoms with Gasteiger partial charge in [-0.1, -0.05) is 0 Å². The lowest BCUT2D eigenvalue weighted by molar-refractivity contribution is -0.143. The Balaban J connectivity index is 4.84. The molecule has 7 N–H and O–H groups in total. The SMILES string of the molecule is NOCC(=O)[C@@H](OP(=O)(O)O)[C@H](O)[C@H](O)CO. The largest absolute Gasteiger partial charge is 0.470 e. The number of aliphatic hydroxyl groups is 3. The fraction of sp³-hybridized carbons (Fsp3) is 0.833. The zero-order valence-corrected chi connectivity index (χ0v) is 9.43. The molecule has 0 saturated carbocycles. The molecule has 3 atom stereocenters. The van der Waals surface area contributed by atoms with Crippen LogP contribution in [0.3, 0.4) is 0 Å². The molecular weight excluding hydrogens is 261 g/mol. The molecule has 0 spiro atoms. The van der Waals surface area contributed by atoms with Gasteiger partial charge >= 0.3 is 7.82 Å². The minimum Gasteiger partial charge on any atom is -0.394 e. The smallest absolute Gasteiger partial charge is 0.394 e. The highest BCUT2D eigenvalue weighted by atomic mass is 31.2. The fourth-order valence-corrected chi connectivity index (χ4v) is 1.47. The van der Waals surface area contributed by atoms with Crippen LogP contribution in [0.25, 0.3) is 0 Å². The van der Waals surface area contributed by atoms with Crippen LogP contribution in [0.1, 0.15) is 0 Å². The Kier molecular flexibility index (Phi) is 6.94. The molecule has 0 fully saturated rings. The number of hydrogen-bond donors (Lipinski definition) is 6. The molecule has 0 heterocycles. The Morgan fingerprint density at radius 2 is 1.88 bits per heavy atom. The molecule has 0 aromatic rings. The second-order valence-corrected chi connectivity index (χ2v) is 4.23. The number of rotatable bonds is 8. The summed E-state index contributed by atoms with van der Waals surface area (Å²) in [6.45, 7) is -1.72.